The molecule has 7 nitrogen and oxygen atoms in total. The summed E-state index contributed by atoms with van der Waals surface area (Å²) in [4.78, 5) is 20.0. The predicted molar refractivity (Wildman–Crippen MR) is 78.5 cm³/mol. The van der Waals surface area contributed by atoms with Crippen LogP contribution in [0.2, 0.25) is 0 Å². The lowest BCUT2D eigenvalue weighted by molar-refractivity contribution is -0.133. The van der Waals surface area contributed by atoms with Gasteiger partial charge in [-0.3, -0.25) is 9.78 Å². The Kier molecular flexibility index (Phi) is 3.32. The van der Waals surface area contributed by atoms with E-state index in [1.807, 2.05) is 17.0 Å². The third kappa shape index (κ3) is 2.58. The molecule has 114 valence electrons. The molecule has 1 aliphatic carbocycles. The van der Waals surface area contributed by atoms with E-state index in [1.54, 1.807) is 17.2 Å². The quantitative estimate of drug-likeness (QED) is 0.846. The molecule has 7 heteroatoms. The number of tetrazole rings is 1. The van der Waals surface area contributed by atoms with Crippen LogP contribution in [-0.2, 0) is 11.3 Å². The smallest absolute Gasteiger partial charge is 0.225 e. The standard InChI is InChI=1S/C15H18N6O/c22-15(11-5-6-11)20-8-2-4-13(20)10-21-18-14(17-19-21)12-3-1-7-16-9-12/h1,3,7,9,11,13H,2,4-6,8,10H2/t13-/m0/s1. The zero-order valence-corrected chi connectivity index (χ0v) is 12.3. The van der Waals surface area contributed by atoms with Crippen LogP contribution in [0.4, 0.5) is 0 Å². The van der Waals surface area contributed by atoms with Crippen LogP contribution in [0, 0.1) is 5.92 Å². The van der Waals surface area contributed by atoms with Crippen LogP contribution in [0.25, 0.3) is 11.4 Å². The van der Waals surface area contributed by atoms with Gasteiger partial charge >= 0.3 is 0 Å². The van der Waals surface area contributed by atoms with Gasteiger partial charge in [0.1, 0.15) is 0 Å². The predicted octanol–water partition coefficient (Wildman–Crippen LogP) is 1.14. The van der Waals surface area contributed by atoms with Crippen molar-refractivity contribution in [2.45, 2.75) is 38.3 Å². The van der Waals surface area contributed by atoms with Crippen molar-refractivity contribution in [1.29, 1.82) is 0 Å². The van der Waals surface area contributed by atoms with Gasteiger partial charge in [-0.2, -0.15) is 4.80 Å². The maximum Gasteiger partial charge on any atom is 0.225 e. The van der Waals surface area contributed by atoms with Crippen molar-refractivity contribution in [3.63, 3.8) is 0 Å². The molecule has 2 aromatic heterocycles. The number of carbonyl (C=O) groups is 1. The molecule has 1 atom stereocenters. The molecule has 0 unspecified atom stereocenters. The first-order valence-corrected chi connectivity index (χ1v) is 7.80. The first-order chi connectivity index (χ1) is 10.8. The second-order valence-electron chi connectivity index (χ2n) is 6.01. The number of hydrogen-bond donors (Lipinski definition) is 0. The summed E-state index contributed by atoms with van der Waals surface area (Å²) in [6.07, 6.45) is 7.62. The van der Waals surface area contributed by atoms with Crippen molar-refractivity contribution < 1.29 is 4.79 Å². The molecule has 1 saturated heterocycles. The minimum atomic E-state index is 0.198. The normalized spacial score (nSPS) is 21.3. The van der Waals surface area contributed by atoms with Gasteiger partial charge in [-0.15, -0.1) is 10.2 Å². The van der Waals surface area contributed by atoms with Crippen LogP contribution in [0.3, 0.4) is 0 Å². The average molecular weight is 298 g/mol. The number of carbonyl (C=O) groups excluding carboxylic acids is 1. The van der Waals surface area contributed by atoms with E-state index in [2.05, 4.69) is 20.4 Å². The lowest BCUT2D eigenvalue weighted by Gasteiger charge is -2.24. The summed E-state index contributed by atoms with van der Waals surface area (Å²) in [5.41, 5.74) is 0.853. The Hall–Kier alpha value is -2.31. The minimum absolute atomic E-state index is 0.198. The van der Waals surface area contributed by atoms with Crippen LogP contribution in [0.1, 0.15) is 25.7 Å². The van der Waals surface area contributed by atoms with Gasteiger partial charge in [-0.1, -0.05) is 0 Å². The van der Waals surface area contributed by atoms with E-state index < -0.39 is 0 Å². The fraction of sp³-hybridized carbons (Fsp3) is 0.533. The first-order valence-electron chi connectivity index (χ1n) is 7.80. The van der Waals surface area contributed by atoms with E-state index in [0.29, 0.717) is 18.3 Å². The van der Waals surface area contributed by atoms with Gasteiger partial charge < -0.3 is 4.90 Å². The molecule has 22 heavy (non-hydrogen) atoms. The van der Waals surface area contributed by atoms with Gasteiger partial charge in [0.05, 0.1) is 12.6 Å². The van der Waals surface area contributed by atoms with Gasteiger partial charge in [-0.25, -0.2) is 0 Å². The molecule has 1 saturated carbocycles. The molecule has 3 heterocycles. The summed E-state index contributed by atoms with van der Waals surface area (Å²) in [7, 11) is 0. The summed E-state index contributed by atoms with van der Waals surface area (Å²) < 4.78 is 0. The van der Waals surface area contributed by atoms with Crippen molar-refractivity contribution in [3.05, 3.63) is 24.5 Å². The second kappa shape index (κ2) is 5.47. The highest BCUT2D eigenvalue weighted by atomic mass is 16.2. The fourth-order valence-corrected chi connectivity index (χ4v) is 3.00. The molecule has 2 aromatic rings. The monoisotopic (exact) mass is 298 g/mol. The van der Waals surface area contributed by atoms with E-state index in [4.69, 9.17) is 0 Å². The second-order valence-corrected chi connectivity index (χ2v) is 6.01. The molecule has 2 fully saturated rings. The van der Waals surface area contributed by atoms with Crippen molar-refractivity contribution in [2.24, 2.45) is 5.92 Å². The third-order valence-electron chi connectivity index (χ3n) is 4.33. The maximum absolute atomic E-state index is 12.3. The van der Waals surface area contributed by atoms with E-state index >= 15 is 0 Å². The molecule has 0 spiro atoms. The van der Waals surface area contributed by atoms with Crippen LogP contribution in [0.15, 0.2) is 24.5 Å². The topological polar surface area (TPSA) is 76.8 Å². The number of rotatable bonds is 4. The Bertz CT molecular complexity index is 666. The van der Waals surface area contributed by atoms with Crippen molar-refractivity contribution in [2.75, 3.05) is 6.54 Å². The molecular formula is C15H18N6O. The lowest BCUT2D eigenvalue weighted by Crippen LogP contribution is -2.39. The fourth-order valence-electron chi connectivity index (χ4n) is 3.00. The van der Waals surface area contributed by atoms with Gasteiger partial charge in [0, 0.05) is 30.4 Å². The maximum atomic E-state index is 12.3. The summed E-state index contributed by atoms with van der Waals surface area (Å²) in [6, 6.07) is 3.96. The highest BCUT2D eigenvalue weighted by molar-refractivity contribution is 5.81. The summed E-state index contributed by atoms with van der Waals surface area (Å²) in [5.74, 6) is 1.16. The van der Waals surface area contributed by atoms with Gasteiger partial charge in [0.15, 0.2) is 0 Å². The van der Waals surface area contributed by atoms with Crippen LogP contribution in [-0.4, -0.2) is 48.6 Å². The summed E-state index contributed by atoms with van der Waals surface area (Å²) >= 11 is 0. The highest BCUT2D eigenvalue weighted by Crippen LogP contribution is 2.33. The van der Waals surface area contributed by atoms with Gasteiger partial charge in [0.2, 0.25) is 11.7 Å². The first kappa shape index (κ1) is 13.4. The Balaban J connectivity index is 1.47. The molecular weight excluding hydrogens is 280 g/mol. The van der Waals surface area contributed by atoms with E-state index in [0.717, 1.165) is 37.8 Å². The Morgan fingerprint density at radius 3 is 3.00 bits per heavy atom. The molecule has 0 bridgehead atoms. The number of amides is 1. The third-order valence-corrected chi connectivity index (χ3v) is 4.33. The number of nitrogens with zero attached hydrogens (tertiary/aromatic N) is 6. The molecule has 4 rings (SSSR count). The van der Waals surface area contributed by atoms with Crippen molar-refractivity contribution in [3.8, 4) is 11.4 Å². The average Bonchev–Trinajstić information content (AvgIpc) is 3.13. The lowest BCUT2D eigenvalue weighted by atomic mass is 10.2. The van der Waals surface area contributed by atoms with Crippen molar-refractivity contribution >= 4 is 5.91 Å². The Morgan fingerprint density at radius 2 is 2.23 bits per heavy atom. The molecule has 2 aliphatic rings. The molecule has 0 N–H and O–H groups in total. The van der Waals surface area contributed by atoms with E-state index in [1.165, 1.54) is 0 Å². The Morgan fingerprint density at radius 1 is 1.32 bits per heavy atom. The number of aromatic nitrogens is 5. The zero-order valence-electron chi connectivity index (χ0n) is 12.3. The highest BCUT2D eigenvalue weighted by Gasteiger charge is 2.38. The molecule has 1 aliphatic heterocycles. The van der Waals surface area contributed by atoms with Crippen molar-refractivity contribution in [1.82, 2.24) is 30.1 Å². The van der Waals surface area contributed by atoms with Gasteiger partial charge in [0.25, 0.3) is 0 Å². The van der Waals surface area contributed by atoms with Crippen LogP contribution >= 0.6 is 0 Å². The number of pyridine rings is 1. The Labute approximate surface area is 128 Å². The SMILES string of the molecule is O=C(C1CC1)N1CCC[C@H]1Cn1nnc(-c2cccnc2)n1. The van der Waals surface area contributed by atoms with Crippen LogP contribution in [0.5, 0.6) is 0 Å². The number of likely N-dealkylation sites (tertiary alicyclic amines) is 1. The van der Waals surface area contributed by atoms with E-state index in [9.17, 15) is 4.79 Å². The summed E-state index contributed by atoms with van der Waals surface area (Å²) in [5, 5.41) is 12.6. The molecule has 0 aromatic carbocycles. The van der Waals surface area contributed by atoms with Crippen LogP contribution < -0.4 is 0 Å². The largest absolute Gasteiger partial charge is 0.338 e. The molecule has 1 amide bonds. The zero-order chi connectivity index (χ0) is 14.9. The molecule has 0 radical (unpaired) electrons. The van der Waals surface area contributed by atoms with E-state index in [-0.39, 0.29) is 12.0 Å². The number of hydrogen-bond acceptors (Lipinski definition) is 5. The van der Waals surface area contributed by atoms with Gasteiger partial charge in [-0.05, 0) is 43.0 Å². The minimum Gasteiger partial charge on any atom is -0.338 e. The summed E-state index contributed by atoms with van der Waals surface area (Å²) in [6.45, 7) is 1.48.